The fourth-order valence-corrected chi connectivity index (χ4v) is 3.83. The Labute approximate surface area is 145 Å². The van der Waals surface area contributed by atoms with E-state index in [4.69, 9.17) is 9.26 Å². The summed E-state index contributed by atoms with van der Waals surface area (Å²) in [6.07, 6.45) is 2.48. The molecule has 0 spiro atoms. The fourth-order valence-electron chi connectivity index (χ4n) is 2.74. The molecule has 2 aromatic carbocycles. The second-order valence-corrected chi connectivity index (χ2v) is 7.47. The van der Waals surface area contributed by atoms with E-state index in [1.165, 1.54) is 6.07 Å². The van der Waals surface area contributed by atoms with Crippen LogP contribution in [0.15, 0.2) is 58.1 Å². The average Bonchev–Trinajstić information content (AvgIpc) is 3.11. The van der Waals surface area contributed by atoms with Crippen molar-refractivity contribution in [2.24, 2.45) is 0 Å². The lowest BCUT2D eigenvalue weighted by molar-refractivity contribution is 0.297. The zero-order valence-corrected chi connectivity index (χ0v) is 14.3. The quantitative estimate of drug-likeness (QED) is 0.772. The Morgan fingerprint density at radius 2 is 1.96 bits per heavy atom. The molecule has 0 saturated carbocycles. The van der Waals surface area contributed by atoms with Gasteiger partial charge in [-0.1, -0.05) is 24.2 Å². The molecule has 1 N–H and O–H groups in total. The van der Waals surface area contributed by atoms with Gasteiger partial charge in [0.15, 0.2) is 5.76 Å². The molecule has 1 aliphatic heterocycles. The summed E-state index contributed by atoms with van der Waals surface area (Å²) in [4.78, 5) is 0.138. The van der Waals surface area contributed by atoms with E-state index in [0.29, 0.717) is 29.4 Å². The van der Waals surface area contributed by atoms with Crippen LogP contribution >= 0.6 is 0 Å². The third-order valence-electron chi connectivity index (χ3n) is 4.15. The fraction of sp³-hybridized carbons (Fsp3) is 0.167. The Morgan fingerprint density at radius 3 is 2.72 bits per heavy atom. The molecule has 0 radical (unpaired) electrons. The van der Waals surface area contributed by atoms with Crippen molar-refractivity contribution in [1.82, 2.24) is 5.16 Å². The first-order valence-electron chi connectivity index (χ1n) is 7.89. The zero-order chi connectivity index (χ0) is 17.4. The van der Waals surface area contributed by atoms with Gasteiger partial charge >= 0.3 is 0 Å². The molecule has 0 amide bonds. The summed E-state index contributed by atoms with van der Waals surface area (Å²) in [7, 11) is -3.72. The van der Waals surface area contributed by atoms with E-state index in [-0.39, 0.29) is 4.90 Å². The largest absolute Gasteiger partial charge is 0.488 e. The van der Waals surface area contributed by atoms with Crippen molar-refractivity contribution in [3.8, 4) is 17.1 Å². The summed E-state index contributed by atoms with van der Waals surface area (Å²) in [5.74, 6) is 1.13. The average molecular weight is 356 g/mol. The summed E-state index contributed by atoms with van der Waals surface area (Å²) in [6.45, 7) is 2.41. The van der Waals surface area contributed by atoms with Crippen molar-refractivity contribution in [2.75, 3.05) is 4.72 Å². The molecule has 2 heterocycles. The van der Waals surface area contributed by atoms with E-state index in [9.17, 15) is 8.42 Å². The number of nitrogens with zero attached hydrogens (tertiary/aromatic N) is 1. The number of hydrogen-bond donors (Lipinski definition) is 1. The van der Waals surface area contributed by atoms with Crippen molar-refractivity contribution in [2.45, 2.75) is 24.8 Å². The lowest BCUT2D eigenvalue weighted by Gasteiger charge is -2.17. The van der Waals surface area contributed by atoms with Gasteiger partial charge in [-0.25, -0.2) is 8.42 Å². The first-order valence-corrected chi connectivity index (χ1v) is 9.37. The molecule has 6 nitrogen and oxygen atoms in total. The molecule has 0 unspecified atom stereocenters. The molecule has 0 atom stereocenters. The second kappa shape index (κ2) is 5.93. The molecule has 1 aliphatic rings. The second-order valence-electron chi connectivity index (χ2n) is 5.78. The topological polar surface area (TPSA) is 81.4 Å². The highest BCUT2D eigenvalue weighted by Crippen LogP contribution is 2.38. The van der Waals surface area contributed by atoms with Gasteiger partial charge < -0.3 is 9.26 Å². The van der Waals surface area contributed by atoms with Gasteiger partial charge in [-0.2, -0.15) is 0 Å². The van der Waals surface area contributed by atoms with Gasteiger partial charge in [0.05, 0.1) is 22.2 Å². The molecule has 0 aliphatic carbocycles. The van der Waals surface area contributed by atoms with Crippen LogP contribution in [0.4, 0.5) is 5.69 Å². The van der Waals surface area contributed by atoms with Gasteiger partial charge in [0.25, 0.3) is 10.0 Å². The molecular weight excluding hydrogens is 340 g/mol. The molecule has 128 valence electrons. The van der Waals surface area contributed by atoms with E-state index in [1.54, 1.807) is 30.5 Å². The van der Waals surface area contributed by atoms with Crippen molar-refractivity contribution >= 4 is 15.7 Å². The zero-order valence-electron chi connectivity index (χ0n) is 13.5. The van der Waals surface area contributed by atoms with Gasteiger partial charge in [-0.3, -0.25) is 4.72 Å². The molecule has 0 fully saturated rings. The van der Waals surface area contributed by atoms with E-state index in [2.05, 4.69) is 9.88 Å². The van der Waals surface area contributed by atoms with Crippen molar-refractivity contribution in [3.05, 3.63) is 59.8 Å². The van der Waals surface area contributed by atoms with E-state index >= 15 is 0 Å². The number of fused-ring (bicyclic) bond motifs is 3. The van der Waals surface area contributed by atoms with Crippen LogP contribution in [0.1, 0.15) is 18.1 Å². The van der Waals surface area contributed by atoms with Crippen LogP contribution in [0.3, 0.4) is 0 Å². The lowest BCUT2D eigenvalue weighted by atomic mass is 10.1. The number of aromatic nitrogens is 1. The van der Waals surface area contributed by atoms with Gasteiger partial charge in [0, 0.05) is 5.69 Å². The molecule has 1 aromatic heterocycles. The smallest absolute Gasteiger partial charge is 0.261 e. The number of nitrogens with one attached hydrogen (secondary N) is 1. The summed E-state index contributed by atoms with van der Waals surface area (Å²) in [5.41, 5.74) is 3.05. The monoisotopic (exact) mass is 356 g/mol. The van der Waals surface area contributed by atoms with Crippen LogP contribution in [0, 0.1) is 0 Å². The van der Waals surface area contributed by atoms with Crippen LogP contribution in [-0.4, -0.2) is 13.6 Å². The Morgan fingerprint density at radius 1 is 1.16 bits per heavy atom. The predicted molar refractivity (Wildman–Crippen MR) is 92.9 cm³/mol. The molecule has 25 heavy (non-hydrogen) atoms. The molecule has 4 rings (SSSR count). The van der Waals surface area contributed by atoms with Crippen molar-refractivity contribution < 1.29 is 17.7 Å². The highest BCUT2D eigenvalue weighted by Gasteiger charge is 2.24. The van der Waals surface area contributed by atoms with Crippen LogP contribution in [-0.2, 0) is 23.1 Å². The predicted octanol–water partition coefficient (Wildman–Crippen LogP) is 3.60. The number of aryl methyl sites for hydroxylation is 1. The van der Waals surface area contributed by atoms with Crippen molar-refractivity contribution in [3.63, 3.8) is 0 Å². The number of hydrogen-bond acceptors (Lipinski definition) is 5. The Hall–Kier alpha value is -2.80. The lowest BCUT2D eigenvalue weighted by Crippen LogP contribution is -2.13. The first kappa shape index (κ1) is 15.7. The number of benzene rings is 2. The third kappa shape index (κ3) is 2.87. The van der Waals surface area contributed by atoms with Crippen LogP contribution in [0.5, 0.6) is 5.75 Å². The Balaban J connectivity index is 1.68. The van der Waals surface area contributed by atoms with Gasteiger partial charge in [0.2, 0.25) is 0 Å². The summed E-state index contributed by atoms with van der Waals surface area (Å²) >= 11 is 0. The van der Waals surface area contributed by atoms with E-state index in [0.717, 1.165) is 17.5 Å². The minimum Gasteiger partial charge on any atom is -0.488 e. The van der Waals surface area contributed by atoms with Gasteiger partial charge in [0.1, 0.15) is 12.4 Å². The number of rotatable bonds is 4. The van der Waals surface area contributed by atoms with Crippen LogP contribution < -0.4 is 9.46 Å². The molecule has 0 saturated heterocycles. The minimum absolute atomic E-state index is 0.138. The molecule has 7 heteroatoms. The standard InChI is InChI=1S/C18H16N2O4S/c1-2-12-3-5-14(6-4-12)20-25(21,22)15-7-8-17-16(9-15)18-13(11-23-17)10-19-24-18/h3-10,20H,2,11H2,1H3. The van der Waals surface area contributed by atoms with Crippen LogP contribution in [0.25, 0.3) is 11.3 Å². The maximum atomic E-state index is 12.7. The normalized spacial score (nSPS) is 12.8. The Bertz CT molecular complexity index is 1020. The highest BCUT2D eigenvalue weighted by atomic mass is 32.2. The molecular formula is C18H16N2O4S. The first-order chi connectivity index (χ1) is 12.1. The van der Waals surface area contributed by atoms with E-state index in [1.807, 2.05) is 19.1 Å². The van der Waals surface area contributed by atoms with Crippen molar-refractivity contribution in [1.29, 1.82) is 0 Å². The molecule has 3 aromatic rings. The maximum absolute atomic E-state index is 12.7. The number of anilines is 1. The Kier molecular flexibility index (Phi) is 3.73. The summed E-state index contributed by atoms with van der Waals surface area (Å²) in [6, 6.07) is 12.0. The van der Waals surface area contributed by atoms with E-state index < -0.39 is 10.0 Å². The highest BCUT2D eigenvalue weighted by molar-refractivity contribution is 7.92. The van der Waals surface area contributed by atoms with Crippen LogP contribution in [0.2, 0.25) is 0 Å². The third-order valence-corrected chi connectivity index (χ3v) is 5.53. The van der Waals surface area contributed by atoms with Gasteiger partial charge in [-0.05, 0) is 42.3 Å². The summed E-state index contributed by atoms with van der Waals surface area (Å²) < 4.78 is 38.8. The van der Waals surface area contributed by atoms with Gasteiger partial charge in [-0.15, -0.1) is 0 Å². The minimum atomic E-state index is -3.72. The summed E-state index contributed by atoms with van der Waals surface area (Å²) in [5, 5.41) is 3.76. The maximum Gasteiger partial charge on any atom is 0.261 e. The SMILES string of the molecule is CCc1ccc(NS(=O)(=O)c2ccc3c(c2)-c2oncc2CO3)cc1. The number of ether oxygens (including phenoxy) is 1. The molecule has 0 bridgehead atoms. The number of sulfonamides is 1.